The van der Waals surface area contributed by atoms with E-state index in [9.17, 15) is 10.1 Å². The number of aryl methyl sites for hydroxylation is 1. The van der Waals surface area contributed by atoms with Crippen molar-refractivity contribution in [2.24, 2.45) is 0 Å². The van der Waals surface area contributed by atoms with Crippen molar-refractivity contribution in [1.29, 1.82) is 5.26 Å². The molecule has 0 aliphatic carbocycles. The second-order valence-electron chi connectivity index (χ2n) is 7.43. The van der Waals surface area contributed by atoms with Gasteiger partial charge in [0.05, 0.1) is 11.3 Å². The van der Waals surface area contributed by atoms with Gasteiger partial charge >= 0.3 is 6.03 Å². The van der Waals surface area contributed by atoms with Crippen LogP contribution in [0.2, 0.25) is 0 Å². The summed E-state index contributed by atoms with van der Waals surface area (Å²) in [6, 6.07) is 15.5. The minimum atomic E-state index is -0.195. The average molecular weight is 410 g/mol. The Morgan fingerprint density at radius 3 is 2.58 bits per heavy atom. The number of carbonyl (C=O) groups excluding carboxylic acids is 1. The highest BCUT2D eigenvalue weighted by atomic mass is 16.2. The second kappa shape index (κ2) is 8.20. The van der Waals surface area contributed by atoms with Crippen LogP contribution < -0.4 is 10.6 Å². The summed E-state index contributed by atoms with van der Waals surface area (Å²) in [7, 11) is 3.38. The summed E-state index contributed by atoms with van der Waals surface area (Å²) >= 11 is 0. The third-order valence-corrected chi connectivity index (χ3v) is 5.18. The number of hydrogen-bond donors (Lipinski definition) is 3. The van der Waals surface area contributed by atoms with Gasteiger partial charge in [0.15, 0.2) is 0 Å². The predicted octanol–water partition coefficient (Wildman–Crippen LogP) is 5.25. The summed E-state index contributed by atoms with van der Waals surface area (Å²) in [5, 5.41) is 17.1. The van der Waals surface area contributed by atoms with E-state index in [-0.39, 0.29) is 6.03 Å². The average Bonchev–Trinajstić information content (AvgIpc) is 3.26. The molecule has 3 N–H and O–H groups in total. The molecule has 0 aliphatic heterocycles. The fourth-order valence-corrected chi connectivity index (χ4v) is 3.42. The van der Waals surface area contributed by atoms with Gasteiger partial charge in [-0.25, -0.2) is 4.79 Å². The van der Waals surface area contributed by atoms with E-state index >= 15 is 0 Å². The zero-order valence-corrected chi connectivity index (χ0v) is 17.5. The number of aromatic amines is 1. The van der Waals surface area contributed by atoms with Crippen LogP contribution in [0.25, 0.3) is 22.0 Å². The molecule has 154 valence electrons. The van der Waals surface area contributed by atoms with Crippen LogP contribution in [0.15, 0.2) is 61.1 Å². The monoisotopic (exact) mass is 410 g/mol. The van der Waals surface area contributed by atoms with Crippen molar-refractivity contribution in [1.82, 2.24) is 14.9 Å². The first-order valence-electron chi connectivity index (χ1n) is 9.78. The van der Waals surface area contributed by atoms with E-state index in [1.54, 1.807) is 26.5 Å². The highest BCUT2D eigenvalue weighted by Gasteiger charge is 2.14. The predicted molar refractivity (Wildman–Crippen MR) is 123 cm³/mol. The van der Waals surface area contributed by atoms with Gasteiger partial charge in [-0.2, -0.15) is 5.26 Å². The van der Waals surface area contributed by atoms with Gasteiger partial charge in [0.2, 0.25) is 0 Å². The van der Waals surface area contributed by atoms with Crippen LogP contribution in [0.3, 0.4) is 0 Å². The maximum absolute atomic E-state index is 11.9. The molecule has 2 aromatic carbocycles. The highest BCUT2D eigenvalue weighted by Crippen LogP contribution is 2.35. The molecule has 4 aromatic rings. The molecule has 0 saturated heterocycles. The molecule has 0 aliphatic rings. The fraction of sp³-hybridized carbons (Fsp3) is 0.125. The van der Waals surface area contributed by atoms with Crippen LogP contribution >= 0.6 is 0 Å². The number of carbonyl (C=O) groups is 1. The number of urea groups is 1. The molecule has 0 radical (unpaired) electrons. The number of anilines is 3. The fourth-order valence-electron chi connectivity index (χ4n) is 3.42. The third kappa shape index (κ3) is 3.91. The molecule has 2 aromatic heterocycles. The maximum atomic E-state index is 11.9. The van der Waals surface area contributed by atoms with E-state index in [4.69, 9.17) is 0 Å². The molecule has 0 fully saturated rings. The van der Waals surface area contributed by atoms with E-state index in [2.05, 4.69) is 26.7 Å². The molecular formula is C24H22N6O. The summed E-state index contributed by atoms with van der Waals surface area (Å²) in [6.45, 7) is 2.05. The lowest BCUT2D eigenvalue weighted by Gasteiger charge is -2.16. The van der Waals surface area contributed by atoms with Crippen LogP contribution in [0, 0.1) is 18.3 Å². The van der Waals surface area contributed by atoms with E-state index in [0.29, 0.717) is 16.9 Å². The Morgan fingerprint density at radius 2 is 1.87 bits per heavy atom. The van der Waals surface area contributed by atoms with Crippen molar-refractivity contribution in [3.63, 3.8) is 0 Å². The normalized spacial score (nSPS) is 10.5. The van der Waals surface area contributed by atoms with Crippen molar-refractivity contribution < 1.29 is 4.79 Å². The Balaban J connectivity index is 1.72. The molecule has 31 heavy (non-hydrogen) atoms. The SMILES string of the molecule is Cc1c(Nc2c(C#N)cncc2-c2ccc(NC(=O)N(C)C)cc2)ccc2[nH]ccc12. The van der Waals surface area contributed by atoms with Crippen molar-refractivity contribution in [2.45, 2.75) is 6.92 Å². The summed E-state index contributed by atoms with van der Waals surface area (Å²) in [6.07, 6.45) is 5.21. The summed E-state index contributed by atoms with van der Waals surface area (Å²) in [5.74, 6) is 0. The zero-order valence-electron chi connectivity index (χ0n) is 17.5. The van der Waals surface area contributed by atoms with Crippen LogP contribution in [-0.4, -0.2) is 35.0 Å². The molecule has 0 unspecified atom stereocenters. The standard InChI is InChI=1S/C24H22N6O/c1-15-19-10-11-27-22(19)9-8-21(15)29-23-17(12-25)13-26-14-20(23)16-4-6-18(7-5-16)28-24(31)30(2)3/h4-11,13-14,27H,1-3H3,(H,26,29)(H,28,31). The first kappa shape index (κ1) is 20.0. The lowest BCUT2D eigenvalue weighted by atomic mass is 10.0. The van der Waals surface area contributed by atoms with E-state index < -0.39 is 0 Å². The van der Waals surface area contributed by atoms with Crippen molar-refractivity contribution in [3.8, 4) is 17.2 Å². The van der Waals surface area contributed by atoms with E-state index in [1.165, 1.54) is 4.90 Å². The van der Waals surface area contributed by atoms with Gasteiger partial charge in [0.25, 0.3) is 0 Å². The molecule has 2 amide bonds. The van der Waals surface area contributed by atoms with Crippen molar-refractivity contribution >= 4 is 34.0 Å². The molecular weight excluding hydrogens is 388 g/mol. The minimum absolute atomic E-state index is 0.195. The largest absolute Gasteiger partial charge is 0.361 e. The van der Waals surface area contributed by atoms with Gasteiger partial charge in [0.1, 0.15) is 6.07 Å². The Kier molecular flexibility index (Phi) is 5.29. The molecule has 0 bridgehead atoms. The smallest absolute Gasteiger partial charge is 0.321 e. The number of amides is 2. The first-order valence-corrected chi connectivity index (χ1v) is 9.78. The molecule has 7 nitrogen and oxygen atoms in total. The number of H-pyrrole nitrogens is 1. The zero-order chi connectivity index (χ0) is 22.0. The second-order valence-corrected chi connectivity index (χ2v) is 7.43. The molecule has 0 spiro atoms. The third-order valence-electron chi connectivity index (χ3n) is 5.18. The number of hydrogen-bond acceptors (Lipinski definition) is 4. The van der Waals surface area contributed by atoms with Gasteiger partial charge in [-0.15, -0.1) is 0 Å². The molecule has 7 heteroatoms. The van der Waals surface area contributed by atoms with Gasteiger partial charge in [-0.05, 0) is 48.4 Å². The quantitative estimate of drug-likeness (QED) is 0.428. The van der Waals surface area contributed by atoms with Crippen LogP contribution in [0.1, 0.15) is 11.1 Å². The van der Waals surface area contributed by atoms with Crippen LogP contribution in [0.5, 0.6) is 0 Å². The number of rotatable bonds is 4. The van der Waals surface area contributed by atoms with Gasteiger partial charge in [-0.3, -0.25) is 4.98 Å². The minimum Gasteiger partial charge on any atom is -0.361 e. The van der Waals surface area contributed by atoms with Crippen LogP contribution in [-0.2, 0) is 0 Å². The highest BCUT2D eigenvalue weighted by molar-refractivity contribution is 5.92. The topological polar surface area (TPSA) is 96.8 Å². The number of benzene rings is 2. The van der Waals surface area contributed by atoms with E-state index in [1.807, 2.05) is 55.6 Å². The number of nitriles is 1. The molecule has 2 heterocycles. The van der Waals surface area contributed by atoms with Crippen molar-refractivity contribution in [2.75, 3.05) is 24.7 Å². The van der Waals surface area contributed by atoms with Gasteiger partial charge in [0, 0.05) is 60.5 Å². The lowest BCUT2D eigenvalue weighted by molar-refractivity contribution is 0.230. The van der Waals surface area contributed by atoms with E-state index in [0.717, 1.165) is 33.3 Å². The lowest BCUT2D eigenvalue weighted by Crippen LogP contribution is -2.27. The Bertz CT molecular complexity index is 1300. The molecule has 0 atom stereocenters. The molecule has 4 rings (SSSR count). The van der Waals surface area contributed by atoms with Crippen LogP contribution in [0.4, 0.5) is 21.9 Å². The van der Waals surface area contributed by atoms with Gasteiger partial charge in [-0.1, -0.05) is 12.1 Å². The maximum Gasteiger partial charge on any atom is 0.321 e. The number of nitrogens with zero attached hydrogens (tertiary/aromatic N) is 3. The summed E-state index contributed by atoms with van der Waals surface area (Å²) < 4.78 is 0. The number of nitrogens with one attached hydrogen (secondary N) is 3. The van der Waals surface area contributed by atoms with Gasteiger partial charge < -0.3 is 20.5 Å². The Labute approximate surface area is 180 Å². The molecule has 0 saturated carbocycles. The van der Waals surface area contributed by atoms with Crippen molar-refractivity contribution in [3.05, 3.63) is 72.2 Å². The number of fused-ring (bicyclic) bond motifs is 1. The summed E-state index contributed by atoms with van der Waals surface area (Å²) in [5.41, 5.74) is 6.60. The number of pyridine rings is 1. The Hall–Kier alpha value is -4.31. The number of aromatic nitrogens is 2. The first-order chi connectivity index (χ1) is 15.0. The Morgan fingerprint density at radius 1 is 1.10 bits per heavy atom. The summed E-state index contributed by atoms with van der Waals surface area (Å²) in [4.78, 5) is 20.8.